The van der Waals surface area contributed by atoms with Crippen LogP contribution in [-0.4, -0.2) is 12.9 Å². The van der Waals surface area contributed by atoms with E-state index in [-0.39, 0.29) is 16.2 Å². The van der Waals surface area contributed by atoms with Crippen molar-refractivity contribution < 1.29 is 9.53 Å². The van der Waals surface area contributed by atoms with Gasteiger partial charge in [-0.05, 0) is 53.9 Å². The van der Waals surface area contributed by atoms with Crippen LogP contribution in [0.1, 0.15) is 79.4 Å². The Balaban J connectivity index is 1.90. The van der Waals surface area contributed by atoms with Crippen LogP contribution < -0.4 is 4.74 Å². The fraction of sp³-hybridized carbons (Fsp3) is 0.500. The molecule has 1 aliphatic carbocycles. The maximum atomic E-state index is 11.1. The first-order valence-corrected chi connectivity index (χ1v) is 9.92. The molecule has 2 aliphatic rings. The molecule has 0 saturated heterocycles. The molecule has 2 nitrogen and oxygen atoms in total. The van der Waals surface area contributed by atoms with Gasteiger partial charge < -0.3 is 4.74 Å². The van der Waals surface area contributed by atoms with E-state index in [2.05, 4.69) is 46.8 Å². The highest BCUT2D eigenvalue weighted by molar-refractivity contribution is 7.10. The smallest absolute Gasteiger partial charge is 0.150 e. The maximum absolute atomic E-state index is 11.1. The summed E-state index contributed by atoms with van der Waals surface area (Å²) in [6.07, 6.45) is 3.34. The van der Waals surface area contributed by atoms with Crippen molar-refractivity contribution in [3.8, 4) is 5.75 Å². The summed E-state index contributed by atoms with van der Waals surface area (Å²) in [7, 11) is 0. The summed E-state index contributed by atoms with van der Waals surface area (Å²) < 4.78 is 6.16. The lowest BCUT2D eigenvalue weighted by atomic mass is 9.62. The minimum absolute atomic E-state index is 0.173. The highest BCUT2D eigenvalue weighted by atomic mass is 32.1. The molecule has 2 aromatic rings. The summed E-state index contributed by atoms with van der Waals surface area (Å²) in [5.41, 5.74) is 5.14. The van der Waals surface area contributed by atoms with Gasteiger partial charge >= 0.3 is 0 Å². The number of fused-ring (bicyclic) bond motifs is 2. The molecule has 4 rings (SSSR count). The van der Waals surface area contributed by atoms with Crippen molar-refractivity contribution in [3.05, 3.63) is 50.7 Å². The molecule has 0 N–H and O–H groups in total. The number of ether oxygens (including phenoxy) is 1. The van der Waals surface area contributed by atoms with E-state index in [1.54, 1.807) is 11.3 Å². The third kappa shape index (κ3) is 2.39. The van der Waals surface area contributed by atoms with Crippen LogP contribution in [0, 0.1) is 0 Å². The van der Waals surface area contributed by atoms with Gasteiger partial charge in [0.25, 0.3) is 0 Å². The third-order valence-corrected chi connectivity index (χ3v) is 7.58. The van der Waals surface area contributed by atoms with Crippen molar-refractivity contribution in [3.63, 3.8) is 0 Å². The lowest BCUT2D eigenvalue weighted by molar-refractivity contribution is 0.112. The third-order valence-electron chi connectivity index (χ3n) is 6.36. The Hall–Kier alpha value is -1.61. The Kier molecular flexibility index (Phi) is 3.50. The summed E-state index contributed by atoms with van der Waals surface area (Å²) in [5, 5.41) is 1.94. The van der Waals surface area contributed by atoms with E-state index >= 15 is 0 Å². The summed E-state index contributed by atoms with van der Waals surface area (Å²) >= 11 is 1.66. The van der Waals surface area contributed by atoms with Crippen LogP contribution in [0.2, 0.25) is 0 Å². The Labute approximate surface area is 154 Å². The van der Waals surface area contributed by atoms with E-state index in [4.69, 9.17) is 4.74 Å². The maximum Gasteiger partial charge on any atom is 0.150 e. The van der Waals surface area contributed by atoms with Gasteiger partial charge in [0.05, 0.1) is 5.41 Å². The summed E-state index contributed by atoms with van der Waals surface area (Å²) in [4.78, 5) is 12.3. The van der Waals surface area contributed by atoms with Crippen LogP contribution in [0.15, 0.2) is 23.6 Å². The van der Waals surface area contributed by atoms with Crippen LogP contribution in [0.3, 0.4) is 0 Å². The predicted molar refractivity (Wildman–Crippen MR) is 103 cm³/mol. The van der Waals surface area contributed by atoms with Crippen LogP contribution in [-0.2, 0) is 16.2 Å². The number of hydrogen-bond acceptors (Lipinski definition) is 3. The molecule has 0 radical (unpaired) electrons. The molecule has 1 atom stereocenters. The lowest BCUT2D eigenvalue weighted by Gasteiger charge is -2.42. The number of carbonyl (C=O) groups is 1. The molecule has 0 fully saturated rings. The molecule has 1 aromatic heterocycles. The first kappa shape index (κ1) is 16.8. The minimum Gasteiger partial charge on any atom is -0.492 e. The molecule has 0 amide bonds. The number of benzene rings is 1. The van der Waals surface area contributed by atoms with Crippen molar-refractivity contribution >= 4 is 17.6 Å². The SMILES string of the molecule is CC1(C)CCC(C)(C)c2cc3c(cc21)OCC3(C)c1cc(C=O)cs1. The first-order valence-electron chi connectivity index (χ1n) is 9.04. The molecular formula is C22H26O2S. The number of thiophene rings is 1. The summed E-state index contributed by atoms with van der Waals surface area (Å²) in [6.45, 7) is 12.3. The minimum atomic E-state index is -0.173. The Morgan fingerprint density at radius 2 is 1.60 bits per heavy atom. The fourth-order valence-electron chi connectivity index (χ4n) is 4.35. The zero-order valence-corrected chi connectivity index (χ0v) is 16.5. The molecule has 2 heterocycles. The average Bonchev–Trinajstić information content (AvgIpc) is 3.17. The molecule has 25 heavy (non-hydrogen) atoms. The monoisotopic (exact) mass is 354 g/mol. The highest BCUT2D eigenvalue weighted by Gasteiger charge is 2.44. The normalized spacial score (nSPS) is 25.8. The molecule has 3 heteroatoms. The average molecular weight is 355 g/mol. The van der Waals surface area contributed by atoms with Gasteiger partial charge in [-0.2, -0.15) is 0 Å². The van der Waals surface area contributed by atoms with E-state index in [1.807, 2.05) is 11.4 Å². The topological polar surface area (TPSA) is 26.3 Å². The van der Waals surface area contributed by atoms with E-state index in [1.165, 1.54) is 34.4 Å². The van der Waals surface area contributed by atoms with Crippen LogP contribution in [0.25, 0.3) is 0 Å². The fourth-order valence-corrected chi connectivity index (χ4v) is 5.37. The molecule has 0 bridgehead atoms. The zero-order valence-electron chi connectivity index (χ0n) is 15.7. The molecular weight excluding hydrogens is 328 g/mol. The second kappa shape index (κ2) is 5.20. The molecule has 0 spiro atoms. The number of hydrogen-bond donors (Lipinski definition) is 0. The van der Waals surface area contributed by atoms with Crippen molar-refractivity contribution in [2.24, 2.45) is 0 Å². The van der Waals surface area contributed by atoms with Gasteiger partial charge in [0.15, 0.2) is 6.29 Å². The standard InChI is InChI=1S/C22H26O2S/c1-20(2)6-7-21(3,4)16-10-18-17(9-15(16)20)22(5,13-24-18)19-8-14(11-23)12-25-19/h8-12H,6-7,13H2,1-5H3. The molecule has 1 aromatic carbocycles. The van der Waals surface area contributed by atoms with Crippen molar-refractivity contribution in [2.45, 2.75) is 63.7 Å². The lowest BCUT2D eigenvalue weighted by Crippen LogP contribution is -2.34. The van der Waals surface area contributed by atoms with Gasteiger partial charge in [-0.25, -0.2) is 0 Å². The van der Waals surface area contributed by atoms with Crippen molar-refractivity contribution in [1.82, 2.24) is 0 Å². The van der Waals surface area contributed by atoms with Crippen LogP contribution >= 0.6 is 11.3 Å². The van der Waals surface area contributed by atoms with Gasteiger partial charge in [-0.1, -0.05) is 33.8 Å². The largest absolute Gasteiger partial charge is 0.492 e. The number of rotatable bonds is 2. The molecule has 0 saturated carbocycles. The second-order valence-corrected chi connectivity index (χ2v) is 10.1. The van der Waals surface area contributed by atoms with E-state index < -0.39 is 0 Å². The first-order chi connectivity index (χ1) is 11.7. The number of aldehydes is 1. The quantitative estimate of drug-likeness (QED) is 0.655. The van der Waals surface area contributed by atoms with E-state index in [9.17, 15) is 4.79 Å². The highest BCUT2D eigenvalue weighted by Crippen LogP contribution is 2.52. The Bertz CT molecular complexity index is 859. The van der Waals surface area contributed by atoms with Crippen molar-refractivity contribution in [1.29, 1.82) is 0 Å². The van der Waals surface area contributed by atoms with Gasteiger partial charge in [0.1, 0.15) is 12.4 Å². The van der Waals surface area contributed by atoms with E-state index in [0.717, 1.165) is 17.6 Å². The molecule has 1 aliphatic heterocycles. The Morgan fingerprint density at radius 1 is 0.960 bits per heavy atom. The van der Waals surface area contributed by atoms with Gasteiger partial charge in [0, 0.05) is 21.4 Å². The van der Waals surface area contributed by atoms with Gasteiger partial charge in [-0.3, -0.25) is 4.79 Å². The second-order valence-electron chi connectivity index (χ2n) is 9.14. The number of carbonyl (C=O) groups excluding carboxylic acids is 1. The van der Waals surface area contributed by atoms with E-state index in [0.29, 0.717) is 6.61 Å². The predicted octanol–water partition coefficient (Wildman–Crippen LogP) is 5.61. The Morgan fingerprint density at radius 3 is 2.20 bits per heavy atom. The summed E-state index contributed by atoms with van der Waals surface area (Å²) in [5.74, 6) is 1.02. The van der Waals surface area contributed by atoms with Crippen LogP contribution in [0.5, 0.6) is 5.75 Å². The van der Waals surface area contributed by atoms with Gasteiger partial charge in [-0.15, -0.1) is 11.3 Å². The molecule has 132 valence electrons. The van der Waals surface area contributed by atoms with Crippen LogP contribution in [0.4, 0.5) is 0 Å². The zero-order chi connectivity index (χ0) is 18.0. The van der Waals surface area contributed by atoms with Crippen molar-refractivity contribution in [2.75, 3.05) is 6.61 Å². The summed E-state index contributed by atoms with van der Waals surface area (Å²) in [6, 6.07) is 6.72. The van der Waals surface area contributed by atoms with Gasteiger partial charge in [0.2, 0.25) is 0 Å². The molecule has 1 unspecified atom stereocenters.